The predicted molar refractivity (Wildman–Crippen MR) is 94.9 cm³/mol. The number of anilines is 1. The number of halogens is 2. The van der Waals surface area contributed by atoms with Crippen LogP contribution in [0.4, 0.5) is 14.5 Å². The fraction of sp³-hybridized carbons (Fsp3) is 0.211. The number of hydrogen-bond acceptors (Lipinski definition) is 4. The highest BCUT2D eigenvalue weighted by Gasteiger charge is 2.40. The second-order valence-corrected chi connectivity index (χ2v) is 6.26. The van der Waals surface area contributed by atoms with E-state index in [0.29, 0.717) is 23.5 Å². The van der Waals surface area contributed by atoms with Crippen molar-refractivity contribution in [1.82, 2.24) is 15.2 Å². The molecule has 3 N–H and O–H groups in total. The van der Waals surface area contributed by atoms with Crippen molar-refractivity contribution in [3.8, 4) is 0 Å². The highest BCUT2D eigenvalue weighted by molar-refractivity contribution is 5.71. The minimum Gasteiger partial charge on any atom is -0.384 e. The monoisotopic (exact) mass is 372 g/mol. The van der Waals surface area contributed by atoms with E-state index in [1.807, 2.05) is 0 Å². The van der Waals surface area contributed by atoms with Gasteiger partial charge in [-0.2, -0.15) is 5.10 Å². The molecule has 0 aliphatic heterocycles. The second kappa shape index (κ2) is 7.63. The molecule has 0 fully saturated rings. The molecule has 3 aromatic rings. The molecule has 2 atom stereocenters. The number of amides is 1. The summed E-state index contributed by atoms with van der Waals surface area (Å²) in [5, 5.41) is 20.4. The summed E-state index contributed by atoms with van der Waals surface area (Å²) < 4.78 is 27.9. The lowest BCUT2D eigenvalue weighted by atomic mass is 9.76. The van der Waals surface area contributed by atoms with Crippen LogP contribution in [0.3, 0.4) is 0 Å². The van der Waals surface area contributed by atoms with E-state index in [-0.39, 0.29) is 12.0 Å². The number of aliphatic hydroxyl groups is 1. The largest absolute Gasteiger partial charge is 0.384 e. The molecule has 0 radical (unpaired) electrons. The number of carbonyl (C=O) groups is 1. The zero-order valence-electron chi connectivity index (χ0n) is 14.5. The number of benzene rings is 2. The molecular formula is C19H18F2N4O2. The molecule has 0 spiro atoms. The first-order chi connectivity index (χ1) is 12.9. The molecule has 0 aliphatic carbocycles. The number of aromatic amines is 1. The standard InChI is InChI=1S/C19H18F2N4O2/c1-12(13-2-5-15(6-3-13)23-11-26)19(27,9-18-22-10-24-25-18)16-7-4-14(20)8-17(16)21/h2-8,10-12,27H,9H2,1H3,(H,23,26)(H,22,24,25). The summed E-state index contributed by atoms with van der Waals surface area (Å²) in [4.78, 5) is 14.6. The molecule has 0 saturated heterocycles. The maximum absolute atomic E-state index is 14.5. The average molecular weight is 372 g/mol. The average Bonchev–Trinajstić information content (AvgIpc) is 3.14. The van der Waals surface area contributed by atoms with E-state index in [1.165, 1.54) is 12.4 Å². The maximum Gasteiger partial charge on any atom is 0.211 e. The van der Waals surface area contributed by atoms with E-state index in [9.17, 15) is 18.7 Å². The van der Waals surface area contributed by atoms with Gasteiger partial charge in [0.1, 0.15) is 29.4 Å². The molecule has 3 rings (SSSR count). The summed E-state index contributed by atoms with van der Waals surface area (Å²) in [5.41, 5.74) is -0.454. The highest BCUT2D eigenvalue weighted by atomic mass is 19.1. The van der Waals surface area contributed by atoms with Gasteiger partial charge in [-0.05, 0) is 23.8 Å². The lowest BCUT2D eigenvalue weighted by molar-refractivity contribution is -0.105. The quantitative estimate of drug-likeness (QED) is 0.556. The first-order valence-corrected chi connectivity index (χ1v) is 8.26. The van der Waals surface area contributed by atoms with Gasteiger partial charge in [-0.3, -0.25) is 9.89 Å². The number of hydrogen-bond donors (Lipinski definition) is 3. The molecule has 8 heteroatoms. The zero-order chi connectivity index (χ0) is 19.4. The van der Waals surface area contributed by atoms with Crippen LogP contribution in [0.1, 0.15) is 29.8 Å². The Labute approximate surface area is 154 Å². The van der Waals surface area contributed by atoms with Crippen molar-refractivity contribution in [1.29, 1.82) is 0 Å². The molecule has 140 valence electrons. The molecular weight excluding hydrogens is 354 g/mol. The molecule has 1 amide bonds. The molecule has 1 heterocycles. The van der Waals surface area contributed by atoms with Crippen LogP contribution >= 0.6 is 0 Å². The van der Waals surface area contributed by atoms with Gasteiger partial charge in [0.2, 0.25) is 6.41 Å². The van der Waals surface area contributed by atoms with Crippen molar-refractivity contribution in [2.75, 3.05) is 5.32 Å². The summed E-state index contributed by atoms with van der Waals surface area (Å²) >= 11 is 0. The SMILES string of the molecule is CC(c1ccc(NC=O)cc1)C(O)(Cc1ncn[nH]1)c1ccc(F)cc1F. The Morgan fingerprint density at radius 1 is 1.26 bits per heavy atom. The molecule has 6 nitrogen and oxygen atoms in total. The Morgan fingerprint density at radius 2 is 2.00 bits per heavy atom. The highest BCUT2D eigenvalue weighted by Crippen LogP contribution is 2.40. The number of nitrogens with one attached hydrogen (secondary N) is 2. The van der Waals surface area contributed by atoms with Gasteiger partial charge in [-0.15, -0.1) is 0 Å². The maximum atomic E-state index is 14.5. The topological polar surface area (TPSA) is 90.9 Å². The van der Waals surface area contributed by atoms with Gasteiger partial charge in [0.05, 0.1) is 0 Å². The van der Waals surface area contributed by atoms with Gasteiger partial charge < -0.3 is 10.4 Å². The van der Waals surface area contributed by atoms with Gasteiger partial charge in [-0.1, -0.05) is 25.1 Å². The molecule has 27 heavy (non-hydrogen) atoms. The van der Waals surface area contributed by atoms with E-state index in [1.54, 1.807) is 31.2 Å². The van der Waals surface area contributed by atoms with Crippen LogP contribution in [-0.2, 0) is 16.8 Å². The lowest BCUT2D eigenvalue weighted by Gasteiger charge is -2.35. The van der Waals surface area contributed by atoms with Crippen LogP contribution in [0.5, 0.6) is 0 Å². The number of rotatable bonds is 7. The molecule has 2 aromatic carbocycles. The van der Waals surface area contributed by atoms with E-state index in [0.717, 1.165) is 12.1 Å². The van der Waals surface area contributed by atoms with Crippen LogP contribution in [0, 0.1) is 11.6 Å². The number of carbonyl (C=O) groups excluding carboxylic acids is 1. The third kappa shape index (κ3) is 3.85. The van der Waals surface area contributed by atoms with Gasteiger partial charge in [-0.25, -0.2) is 13.8 Å². The van der Waals surface area contributed by atoms with Crippen LogP contribution in [0.25, 0.3) is 0 Å². The van der Waals surface area contributed by atoms with Crippen molar-refractivity contribution in [3.63, 3.8) is 0 Å². The summed E-state index contributed by atoms with van der Waals surface area (Å²) in [6.45, 7) is 1.74. The lowest BCUT2D eigenvalue weighted by Crippen LogP contribution is -2.36. The minimum absolute atomic E-state index is 0.0390. The van der Waals surface area contributed by atoms with E-state index in [4.69, 9.17) is 0 Å². The van der Waals surface area contributed by atoms with E-state index >= 15 is 0 Å². The van der Waals surface area contributed by atoms with Crippen molar-refractivity contribution < 1.29 is 18.7 Å². The summed E-state index contributed by atoms with van der Waals surface area (Å²) in [5.74, 6) is -1.78. The Kier molecular flexibility index (Phi) is 5.27. The molecule has 2 unspecified atom stereocenters. The first kappa shape index (κ1) is 18.7. The van der Waals surface area contributed by atoms with E-state index < -0.39 is 23.2 Å². The third-order valence-electron chi connectivity index (χ3n) is 4.65. The van der Waals surface area contributed by atoms with Crippen molar-refractivity contribution >= 4 is 12.1 Å². The first-order valence-electron chi connectivity index (χ1n) is 8.26. The van der Waals surface area contributed by atoms with Crippen molar-refractivity contribution in [3.05, 3.63) is 77.4 Å². The number of aromatic nitrogens is 3. The van der Waals surface area contributed by atoms with Gasteiger partial charge in [0.15, 0.2) is 0 Å². The zero-order valence-corrected chi connectivity index (χ0v) is 14.5. The van der Waals surface area contributed by atoms with Crippen LogP contribution in [-0.4, -0.2) is 26.7 Å². The normalized spacial score (nSPS) is 14.4. The second-order valence-electron chi connectivity index (χ2n) is 6.26. The van der Waals surface area contributed by atoms with E-state index in [2.05, 4.69) is 20.5 Å². The summed E-state index contributed by atoms with van der Waals surface area (Å²) in [7, 11) is 0. The Bertz CT molecular complexity index is 916. The molecule has 1 aromatic heterocycles. The minimum atomic E-state index is -1.71. The Morgan fingerprint density at radius 3 is 2.59 bits per heavy atom. The molecule has 0 saturated carbocycles. The fourth-order valence-corrected chi connectivity index (χ4v) is 3.11. The molecule has 0 aliphatic rings. The third-order valence-corrected chi connectivity index (χ3v) is 4.65. The van der Waals surface area contributed by atoms with Crippen molar-refractivity contribution in [2.45, 2.75) is 24.9 Å². The smallest absolute Gasteiger partial charge is 0.211 e. The van der Waals surface area contributed by atoms with Crippen molar-refractivity contribution in [2.24, 2.45) is 0 Å². The predicted octanol–water partition coefficient (Wildman–Crippen LogP) is 2.89. The number of H-pyrrole nitrogens is 1. The summed E-state index contributed by atoms with van der Waals surface area (Å²) in [6, 6.07) is 9.89. The van der Waals surface area contributed by atoms with Gasteiger partial charge in [0, 0.05) is 29.7 Å². The molecule has 0 bridgehead atoms. The van der Waals surface area contributed by atoms with Gasteiger partial charge in [0.25, 0.3) is 0 Å². The van der Waals surface area contributed by atoms with Crippen LogP contribution < -0.4 is 5.32 Å². The fourth-order valence-electron chi connectivity index (χ4n) is 3.11. The summed E-state index contributed by atoms with van der Waals surface area (Å²) in [6.07, 6.45) is 1.80. The van der Waals surface area contributed by atoms with Crippen LogP contribution in [0.2, 0.25) is 0 Å². The Hall–Kier alpha value is -3.13. The van der Waals surface area contributed by atoms with Gasteiger partial charge >= 0.3 is 0 Å². The van der Waals surface area contributed by atoms with Crippen LogP contribution in [0.15, 0.2) is 48.8 Å². The Balaban J connectivity index is 2.03. The number of nitrogens with zero attached hydrogens (tertiary/aromatic N) is 2.